The van der Waals surface area contributed by atoms with Crippen LogP contribution >= 0.6 is 11.6 Å². The molecule has 0 bridgehead atoms. The Kier molecular flexibility index (Phi) is 4.33. The van der Waals surface area contributed by atoms with E-state index in [4.69, 9.17) is 11.6 Å². The third-order valence-corrected chi connectivity index (χ3v) is 4.39. The van der Waals surface area contributed by atoms with Crippen LogP contribution in [0.25, 0.3) is 0 Å². The van der Waals surface area contributed by atoms with Crippen LogP contribution in [0, 0.1) is 5.41 Å². The molecule has 2 heteroatoms. The van der Waals surface area contributed by atoms with Gasteiger partial charge in [-0.3, -0.25) is 0 Å². The molecule has 0 aromatic carbocycles. The third kappa shape index (κ3) is 3.64. The molecular formula is C13H24ClN. The van der Waals surface area contributed by atoms with Crippen molar-refractivity contribution >= 4 is 11.6 Å². The minimum absolute atomic E-state index is 0.605. The summed E-state index contributed by atoms with van der Waals surface area (Å²) >= 11 is 5.85. The van der Waals surface area contributed by atoms with E-state index < -0.39 is 0 Å². The van der Waals surface area contributed by atoms with Gasteiger partial charge in [0.1, 0.15) is 0 Å². The first-order chi connectivity index (χ1) is 7.35. The van der Waals surface area contributed by atoms with Crippen LogP contribution in [-0.2, 0) is 0 Å². The lowest BCUT2D eigenvalue weighted by atomic mass is 10.0. The molecule has 0 amide bonds. The van der Waals surface area contributed by atoms with Gasteiger partial charge < -0.3 is 5.32 Å². The molecule has 2 saturated carbocycles. The second kappa shape index (κ2) is 5.54. The van der Waals surface area contributed by atoms with E-state index in [1.54, 1.807) is 0 Å². The summed E-state index contributed by atoms with van der Waals surface area (Å²) in [7, 11) is 0. The maximum absolute atomic E-state index is 5.85. The first kappa shape index (κ1) is 11.7. The Morgan fingerprint density at radius 2 is 1.73 bits per heavy atom. The quantitative estimate of drug-likeness (QED) is 0.560. The second-order valence-electron chi connectivity index (χ2n) is 5.51. The highest BCUT2D eigenvalue weighted by Gasteiger charge is 2.41. The van der Waals surface area contributed by atoms with Gasteiger partial charge in [0.15, 0.2) is 0 Å². The van der Waals surface area contributed by atoms with Crippen molar-refractivity contribution in [2.45, 2.75) is 63.8 Å². The van der Waals surface area contributed by atoms with Crippen LogP contribution in [0.2, 0.25) is 0 Å². The zero-order valence-corrected chi connectivity index (χ0v) is 10.5. The maximum Gasteiger partial charge on any atom is 0.0229 e. The normalized spacial score (nSPS) is 26.2. The topological polar surface area (TPSA) is 12.0 Å². The number of halogens is 1. The molecule has 1 N–H and O–H groups in total. The highest BCUT2D eigenvalue weighted by atomic mass is 35.5. The Morgan fingerprint density at radius 3 is 2.27 bits per heavy atom. The van der Waals surface area contributed by atoms with E-state index in [0.717, 1.165) is 11.9 Å². The third-order valence-electron chi connectivity index (χ3n) is 4.20. The molecule has 0 unspecified atom stereocenters. The van der Waals surface area contributed by atoms with Crippen molar-refractivity contribution in [2.24, 2.45) is 5.41 Å². The molecule has 0 spiro atoms. The van der Waals surface area contributed by atoms with Gasteiger partial charge in [-0.1, -0.05) is 25.7 Å². The fourth-order valence-corrected chi connectivity index (χ4v) is 3.14. The van der Waals surface area contributed by atoms with Crippen molar-refractivity contribution in [3.63, 3.8) is 0 Å². The molecule has 0 aromatic heterocycles. The monoisotopic (exact) mass is 229 g/mol. The second-order valence-corrected chi connectivity index (χ2v) is 5.89. The molecule has 0 aliphatic heterocycles. The Bertz CT molecular complexity index is 181. The van der Waals surface area contributed by atoms with E-state index in [-0.39, 0.29) is 0 Å². The van der Waals surface area contributed by atoms with Crippen LogP contribution < -0.4 is 5.32 Å². The van der Waals surface area contributed by atoms with Crippen LogP contribution in [0.4, 0.5) is 0 Å². The maximum atomic E-state index is 5.85. The first-order valence-electron chi connectivity index (χ1n) is 6.64. The molecule has 1 nitrogen and oxygen atoms in total. The zero-order valence-electron chi connectivity index (χ0n) is 9.73. The largest absolute Gasteiger partial charge is 0.313 e. The van der Waals surface area contributed by atoms with Gasteiger partial charge in [-0.2, -0.15) is 0 Å². The summed E-state index contributed by atoms with van der Waals surface area (Å²) < 4.78 is 0. The summed E-state index contributed by atoms with van der Waals surface area (Å²) in [5.41, 5.74) is 0.605. The van der Waals surface area contributed by atoms with Crippen molar-refractivity contribution in [1.29, 1.82) is 0 Å². The molecule has 2 rings (SSSR count). The van der Waals surface area contributed by atoms with Crippen molar-refractivity contribution < 1.29 is 0 Å². The molecule has 15 heavy (non-hydrogen) atoms. The van der Waals surface area contributed by atoms with E-state index in [1.807, 2.05) is 0 Å². The number of hydrogen-bond acceptors (Lipinski definition) is 1. The molecule has 2 fully saturated rings. The number of hydrogen-bond donors (Lipinski definition) is 1. The molecule has 88 valence electrons. The predicted octanol–water partition coefficient (Wildman–Crippen LogP) is 3.71. The van der Waals surface area contributed by atoms with Crippen molar-refractivity contribution in [1.82, 2.24) is 5.32 Å². The Labute approximate surface area is 99.0 Å². The van der Waals surface area contributed by atoms with Crippen molar-refractivity contribution in [2.75, 3.05) is 12.4 Å². The lowest BCUT2D eigenvalue weighted by molar-refractivity contribution is 0.379. The van der Waals surface area contributed by atoms with E-state index in [0.29, 0.717) is 5.41 Å². The molecule has 0 aromatic rings. The summed E-state index contributed by atoms with van der Waals surface area (Å²) in [4.78, 5) is 0. The first-order valence-corrected chi connectivity index (χ1v) is 7.17. The van der Waals surface area contributed by atoms with Gasteiger partial charge in [-0.25, -0.2) is 0 Å². The lowest BCUT2D eigenvalue weighted by Crippen LogP contribution is -2.34. The summed E-state index contributed by atoms with van der Waals surface area (Å²) in [6, 6.07) is 0.806. The Balaban J connectivity index is 1.67. The molecule has 2 aliphatic carbocycles. The minimum atomic E-state index is 0.605. The van der Waals surface area contributed by atoms with Crippen LogP contribution in [0.15, 0.2) is 0 Å². The van der Waals surface area contributed by atoms with Crippen LogP contribution in [0.1, 0.15) is 57.8 Å². The van der Waals surface area contributed by atoms with Crippen LogP contribution in [0.3, 0.4) is 0 Å². The van der Waals surface area contributed by atoms with E-state index in [1.165, 1.54) is 64.3 Å². The molecule has 0 atom stereocenters. The van der Waals surface area contributed by atoms with Gasteiger partial charge in [0, 0.05) is 18.5 Å². The molecular weight excluding hydrogens is 206 g/mol. The fourth-order valence-electron chi connectivity index (χ4n) is 2.74. The van der Waals surface area contributed by atoms with Crippen LogP contribution in [-0.4, -0.2) is 18.5 Å². The summed E-state index contributed by atoms with van der Waals surface area (Å²) in [5.74, 6) is 0.840. The molecule has 0 radical (unpaired) electrons. The lowest BCUT2D eigenvalue weighted by Gasteiger charge is -2.21. The summed E-state index contributed by atoms with van der Waals surface area (Å²) in [5, 5.41) is 3.79. The number of rotatable bonds is 5. The van der Waals surface area contributed by atoms with E-state index in [9.17, 15) is 0 Å². The highest BCUT2D eigenvalue weighted by molar-refractivity contribution is 6.17. The Hall–Kier alpha value is 0.250. The summed E-state index contributed by atoms with van der Waals surface area (Å²) in [6.45, 7) is 1.23. The number of nitrogens with one attached hydrogen (secondary N) is 1. The smallest absolute Gasteiger partial charge is 0.0229 e. The minimum Gasteiger partial charge on any atom is -0.313 e. The van der Waals surface area contributed by atoms with E-state index >= 15 is 0 Å². The van der Waals surface area contributed by atoms with Gasteiger partial charge in [-0.15, -0.1) is 11.6 Å². The standard InChI is InChI=1S/C13H24ClN/c14-10-9-13(7-8-13)11-15-12-5-3-1-2-4-6-12/h12,15H,1-11H2. The molecule has 0 heterocycles. The highest BCUT2D eigenvalue weighted by Crippen LogP contribution is 2.48. The van der Waals surface area contributed by atoms with Gasteiger partial charge in [0.2, 0.25) is 0 Å². The molecule has 2 aliphatic rings. The average Bonchev–Trinajstić information content (AvgIpc) is 3.00. The number of alkyl halides is 1. The van der Waals surface area contributed by atoms with Crippen LogP contribution in [0.5, 0.6) is 0 Å². The van der Waals surface area contributed by atoms with Gasteiger partial charge in [0.05, 0.1) is 0 Å². The Morgan fingerprint density at radius 1 is 1.07 bits per heavy atom. The summed E-state index contributed by atoms with van der Waals surface area (Å²) in [6.07, 6.45) is 12.6. The van der Waals surface area contributed by atoms with E-state index in [2.05, 4.69) is 5.32 Å². The van der Waals surface area contributed by atoms with Gasteiger partial charge in [-0.05, 0) is 37.5 Å². The van der Waals surface area contributed by atoms with Gasteiger partial charge >= 0.3 is 0 Å². The zero-order chi connectivity index (χ0) is 10.6. The van der Waals surface area contributed by atoms with Gasteiger partial charge in [0.25, 0.3) is 0 Å². The van der Waals surface area contributed by atoms with Crippen molar-refractivity contribution in [3.05, 3.63) is 0 Å². The predicted molar refractivity (Wildman–Crippen MR) is 66.5 cm³/mol. The fraction of sp³-hybridized carbons (Fsp3) is 1.00. The van der Waals surface area contributed by atoms with Crippen molar-refractivity contribution in [3.8, 4) is 0 Å². The SMILES string of the molecule is ClCCC1(CNC2CCCCCC2)CC1. The molecule has 0 saturated heterocycles. The average molecular weight is 230 g/mol.